The van der Waals surface area contributed by atoms with Crippen LogP contribution < -0.4 is 10.6 Å². The van der Waals surface area contributed by atoms with E-state index in [0.29, 0.717) is 6.42 Å². The molecule has 2 unspecified atom stereocenters. The van der Waals surface area contributed by atoms with Crippen LogP contribution in [-0.2, 0) is 16.0 Å². The van der Waals surface area contributed by atoms with E-state index in [0.717, 1.165) is 22.9 Å². The maximum atomic E-state index is 12.5. The maximum Gasteiger partial charge on any atom is 0.407 e. The molecule has 3 N–H and O–H groups in total. The van der Waals surface area contributed by atoms with Gasteiger partial charge in [-0.3, -0.25) is 4.79 Å². The van der Waals surface area contributed by atoms with E-state index in [1.807, 2.05) is 44.3 Å². The van der Waals surface area contributed by atoms with Crippen LogP contribution in [-0.4, -0.2) is 35.7 Å². The molecular weight excluding hydrogens is 306 g/mol. The normalized spacial score (nSPS) is 13.3. The number of fused-ring (bicyclic) bond motifs is 1. The number of hydrogen-bond donors (Lipinski definition) is 3. The Labute approximate surface area is 142 Å². The lowest BCUT2D eigenvalue weighted by Gasteiger charge is -2.20. The van der Waals surface area contributed by atoms with Gasteiger partial charge in [-0.15, -0.1) is 0 Å². The van der Waals surface area contributed by atoms with Gasteiger partial charge in [0.1, 0.15) is 6.04 Å². The van der Waals surface area contributed by atoms with Crippen molar-refractivity contribution in [3.8, 4) is 0 Å². The molecule has 0 fully saturated rings. The van der Waals surface area contributed by atoms with Crippen molar-refractivity contribution in [2.75, 3.05) is 6.61 Å². The highest BCUT2D eigenvalue weighted by atomic mass is 16.5. The molecule has 2 atom stereocenters. The van der Waals surface area contributed by atoms with Crippen LogP contribution in [0, 0.1) is 0 Å². The van der Waals surface area contributed by atoms with E-state index in [-0.39, 0.29) is 18.6 Å². The predicted octanol–water partition coefficient (Wildman–Crippen LogP) is 2.74. The average molecular weight is 331 g/mol. The topological polar surface area (TPSA) is 83.2 Å². The number of amides is 2. The third-order valence-electron chi connectivity index (χ3n) is 3.98. The number of aromatic nitrogens is 1. The number of rotatable bonds is 7. The van der Waals surface area contributed by atoms with E-state index in [1.54, 1.807) is 6.92 Å². The number of alkyl carbamates (subject to hydrolysis) is 1. The minimum Gasteiger partial charge on any atom is -0.450 e. The van der Waals surface area contributed by atoms with Gasteiger partial charge >= 0.3 is 6.09 Å². The number of nitrogens with one attached hydrogen (secondary N) is 3. The Hall–Kier alpha value is -2.50. The molecule has 0 saturated carbocycles. The van der Waals surface area contributed by atoms with Crippen molar-refractivity contribution >= 4 is 22.9 Å². The monoisotopic (exact) mass is 331 g/mol. The number of aromatic amines is 1. The molecule has 1 aromatic heterocycles. The van der Waals surface area contributed by atoms with Crippen molar-refractivity contribution in [3.05, 3.63) is 36.0 Å². The minimum absolute atomic E-state index is 0.0481. The molecule has 0 aliphatic heterocycles. The molecule has 6 nitrogen and oxygen atoms in total. The first kappa shape index (κ1) is 17.8. The summed E-state index contributed by atoms with van der Waals surface area (Å²) in [4.78, 5) is 27.5. The third-order valence-corrected chi connectivity index (χ3v) is 3.98. The molecule has 6 heteroatoms. The molecular formula is C18H25N3O3. The summed E-state index contributed by atoms with van der Waals surface area (Å²) in [6.07, 6.45) is 2.51. The Balaban J connectivity index is 2.18. The Kier molecular flexibility index (Phi) is 6.23. The van der Waals surface area contributed by atoms with Crippen molar-refractivity contribution in [2.45, 2.75) is 45.7 Å². The SMILES string of the molecule is CCOC(=O)NC(Cc1c[nH]c2ccccc12)C(=O)NC(C)CC. The highest BCUT2D eigenvalue weighted by Gasteiger charge is 2.24. The van der Waals surface area contributed by atoms with Crippen molar-refractivity contribution < 1.29 is 14.3 Å². The van der Waals surface area contributed by atoms with Crippen LogP contribution in [0.1, 0.15) is 32.8 Å². The van der Waals surface area contributed by atoms with Gasteiger partial charge in [-0.25, -0.2) is 4.79 Å². The van der Waals surface area contributed by atoms with Gasteiger partial charge in [0.15, 0.2) is 0 Å². The van der Waals surface area contributed by atoms with Crippen molar-refractivity contribution in [3.63, 3.8) is 0 Å². The number of ether oxygens (including phenoxy) is 1. The second-order valence-corrected chi connectivity index (χ2v) is 5.80. The van der Waals surface area contributed by atoms with Gasteiger partial charge in [-0.2, -0.15) is 0 Å². The van der Waals surface area contributed by atoms with Crippen LogP contribution in [0.5, 0.6) is 0 Å². The number of carbonyl (C=O) groups is 2. The van der Waals surface area contributed by atoms with Gasteiger partial charge in [0, 0.05) is 29.6 Å². The Morgan fingerprint density at radius 1 is 1.21 bits per heavy atom. The lowest BCUT2D eigenvalue weighted by molar-refractivity contribution is -0.123. The second kappa shape index (κ2) is 8.38. The van der Waals surface area contributed by atoms with Crippen LogP contribution in [0.15, 0.2) is 30.5 Å². The van der Waals surface area contributed by atoms with E-state index in [4.69, 9.17) is 4.74 Å². The van der Waals surface area contributed by atoms with Gasteiger partial charge in [0.05, 0.1) is 6.61 Å². The first-order valence-electron chi connectivity index (χ1n) is 8.33. The number of benzene rings is 1. The zero-order valence-corrected chi connectivity index (χ0v) is 14.4. The van der Waals surface area contributed by atoms with Crippen LogP contribution in [0.3, 0.4) is 0 Å². The molecule has 130 valence electrons. The van der Waals surface area contributed by atoms with E-state index in [1.165, 1.54) is 0 Å². The standard InChI is InChI=1S/C18H25N3O3/c1-4-12(3)20-17(22)16(21-18(23)24-5-2)10-13-11-19-15-9-7-6-8-14(13)15/h6-9,11-12,16,19H,4-5,10H2,1-3H3,(H,20,22)(H,21,23). The molecule has 24 heavy (non-hydrogen) atoms. The Morgan fingerprint density at radius 3 is 2.67 bits per heavy atom. The summed E-state index contributed by atoms with van der Waals surface area (Å²) in [5, 5.41) is 6.63. The van der Waals surface area contributed by atoms with Crippen molar-refractivity contribution in [2.24, 2.45) is 0 Å². The second-order valence-electron chi connectivity index (χ2n) is 5.80. The number of para-hydroxylation sites is 1. The number of hydrogen-bond acceptors (Lipinski definition) is 3. The minimum atomic E-state index is -0.683. The molecule has 0 bridgehead atoms. The van der Waals surface area contributed by atoms with Gasteiger partial charge in [-0.1, -0.05) is 25.1 Å². The van der Waals surface area contributed by atoms with Gasteiger partial charge < -0.3 is 20.4 Å². The molecule has 0 spiro atoms. The average Bonchev–Trinajstić information content (AvgIpc) is 2.97. The van der Waals surface area contributed by atoms with E-state index < -0.39 is 12.1 Å². The highest BCUT2D eigenvalue weighted by molar-refractivity contribution is 5.88. The van der Waals surface area contributed by atoms with Crippen molar-refractivity contribution in [1.82, 2.24) is 15.6 Å². The van der Waals surface area contributed by atoms with Gasteiger partial charge in [0.2, 0.25) is 5.91 Å². The molecule has 2 rings (SSSR count). The Morgan fingerprint density at radius 2 is 1.96 bits per heavy atom. The van der Waals surface area contributed by atoms with E-state index in [2.05, 4.69) is 15.6 Å². The van der Waals surface area contributed by atoms with Crippen LogP contribution >= 0.6 is 0 Å². The fourth-order valence-electron chi connectivity index (χ4n) is 2.49. The van der Waals surface area contributed by atoms with Gasteiger partial charge in [0.25, 0.3) is 0 Å². The summed E-state index contributed by atoms with van der Waals surface area (Å²) in [7, 11) is 0. The molecule has 0 aliphatic carbocycles. The van der Waals surface area contributed by atoms with Crippen LogP contribution in [0.25, 0.3) is 10.9 Å². The lowest BCUT2D eigenvalue weighted by Crippen LogP contribution is -2.50. The zero-order chi connectivity index (χ0) is 17.5. The molecule has 1 aromatic carbocycles. The number of carbonyl (C=O) groups excluding carboxylic acids is 2. The third kappa shape index (κ3) is 4.50. The summed E-state index contributed by atoms with van der Waals surface area (Å²) >= 11 is 0. The first-order chi connectivity index (χ1) is 11.5. The maximum absolute atomic E-state index is 12.5. The summed E-state index contributed by atoms with van der Waals surface area (Å²) in [6.45, 7) is 5.93. The van der Waals surface area contributed by atoms with E-state index >= 15 is 0 Å². The largest absolute Gasteiger partial charge is 0.450 e. The number of H-pyrrole nitrogens is 1. The highest BCUT2D eigenvalue weighted by Crippen LogP contribution is 2.19. The molecule has 0 radical (unpaired) electrons. The summed E-state index contributed by atoms with van der Waals surface area (Å²) in [5.74, 6) is -0.206. The van der Waals surface area contributed by atoms with E-state index in [9.17, 15) is 9.59 Å². The summed E-state index contributed by atoms with van der Waals surface area (Å²) in [6, 6.07) is 7.24. The lowest BCUT2D eigenvalue weighted by atomic mass is 10.0. The van der Waals surface area contributed by atoms with Crippen LogP contribution in [0.4, 0.5) is 4.79 Å². The summed E-state index contributed by atoms with van der Waals surface area (Å²) in [5.41, 5.74) is 1.98. The fourth-order valence-corrected chi connectivity index (χ4v) is 2.49. The van der Waals surface area contributed by atoms with Crippen molar-refractivity contribution in [1.29, 1.82) is 0 Å². The smallest absolute Gasteiger partial charge is 0.407 e. The first-order valence-corrected chi connectivity index (χ1v) is 8.33. The molecule has 2 amide bonds. The fraction of sp³-hybridized carbons (Fsp3) is 0.444. The predicted molar refractivity (Wildman–Crippen MR) is 93.8 cm³/mol. The van der Waals surface area contributed by atoms with Gasteiger partial charge in [-0.05, 0) is 31.9 Å². The molecule has 1 heterocycles. The molecule has 0 saturated heterocycles. The Bertz CT molecular complexity index is 696. The quantitative estimate of drug-likeness (QED) is 0.729. The molecule has 2 aromatic rings. The molecule has 0 aliphatic rings. The zero-order valence-electron chi connectivity index (χ0n) is 14.4. The van der Waals surface area contributed by atoms with Crippen LogP contribution in [0.2, 0.25) is 0 Å². The summed E-state index contributed by atoms with van der Waals surface area (Å²) < 4.78 is 4.92.